The predicted molar refractivity (Wildman–Crippen MR) is 92.9 cm³/mol. The van der Waals surface area contributed by atoms with Crippen LogP contribution in [0.25, 0.3) is 0 Å². The quantitative estimate of drug-likeness (QED) is 0.872. The summed E-state index contributed by atoms with van der Waals surface area (Å²) in [7, 11) is 0. The van der Waals surface area contributed by atoms with Gasteiger partial charge in [0.05, 0.1) is 6.04 Å². The molecular formula is C17H28ClN3O. The summed E-state index contributed by atoms with van der Waals surface area (Å²) >= 11 is 0. The second-order valence-corrected chi connectivity index (χ2v) is 6.48. The molecule has 1 heterocycles. The lowest BCUT2D eigenvalue weighted by Gasteiger charge is -2.21. The summed E-state index contributed by atoms with van der Waals surface area (Å²) in [5.74, 6) is 0.146. The van der Waals surface area contributed by atoms with Gasteiger partial charge in [0, 0.05) is 25.2 Å². The average Bonchev–Trinajstić information content (AvgIpc) is 2.78. The molecule has 1 fully saturated rings. The first-order valence-corrected chi connectivity index (χ1v) is 7.81. The molecule has 0 aromatic heterocycles. The third-order valence-corrected chi connectivity index (χ3v) is 4.30. The Hall–Kier alpha value is -1.10. The second-order valence-electron chi connectivity index (χ2n) is 6.48. The highest BCUT2D eigenvalue weighted by atomic mass is 35.5. The molecule has 0 bridgehead atoms. The van der Waals surface area contributed by atoms with Crippen molar-refractivity contribution in [1.29, 1.82) is 0 Å². The largest absolute Gasteiger partial charge is 0.351 e. The van der Waals surface area contributed by atoms with Crippen molar-refractivity contribution >= 4 is 18.3 Å². The number of amides is 1. The maximum absolute atomic E-state index is 12.1. The summed E-state index contributed by atoms with van der Waals surface area (Å²) < 4.78 is 0. The normalized spacial score (nSPS) is 23.1. The Labute approximate surface area is 139 Å². The molecule has 4 nitrogen and oxygen atoms in total. The Bertz CT molecular complexity index is 466. The first-order valence-electron chi connectivity index (χ1n) is 7.81. The summed E-state index contributed by atoms with van der Waals surface area (Å²) in [6.07, 6.45) is 0.989. The number of nitrogens with zero attached hydrogens (tertiary/aromatic N) is 1. The lowest BCUT2D eigenvalue weighted by molar-refractivity contribution is -0.123. The summed E-state index contributed by atoms with van der Waals surface area (Å²) in [4.78, 5) is 14.5. The summed E-state index contributed by atoms with van der Waals surface area (Å²) in [6.45, 7) is 8.00. The van der Waals surface area contributed by atoms with Crippen LogP contribution in [0.5, 0.6) is 0 Å². The van der Waals surface area contributed by atoms with Crippen LogP contribution in [0.1, 0.15) is 32.8 Å². The fourth-order valence-corrected chi connectivity index (χ4v) is 2.84. The fourth-order valence-electron chi connectivity index (χ4n) is 2.84. The first kappa shape index (κ1) is 18.9. The number of nitrogens with two attached hydrogens (primary N) is 1. The lowest BCUT2D eigenvalue weighted by atomic mass is 10.0. The molecular weight excluding hydrogens is 298 g/mol. The van der Waals surface area contributed by atoms with Crippen LogP contribution in [0.3, 0.4) is 0 Å². The van der Waals surface area contributed by atoms with Gasteiger partial charge in [-0.25, -0.2) is 0 Å². The van der Waals surface area contributed by atoms with Gasteiger partial charge in [0.2, 0.25) is 5.91 Å². The van der Waals surface area contributed by atoms with Crippen LogP contribution in [0.15, 0.2) is 30.3 Å². The minimum atomic E-state index is -0.413. The van der Waals surface area contributed by atoms with Crippen LogP contribution in [-0.2, 0) is 11.3 Å². The zero-order chi connectivity index (χ0) is 15.4. The van der Waals surface area contributed by atoms with Crippen LogP contribution in [0.2, 0.25) is 0 Å². The van der Waals surface area contributed by atoms with E-state index in [-0.39, 0.29) is 30.3 Å². The van der Waals surface area contributed by atoms with Crippen molar-refractivity contribution in [3.63, 3.8) is 0 Å². The molecule has 1 aliphatic heterocycles. The Balaban J connectivity index is 0.00000242. The first-order chi connectivity index (χ1) is 9.97. The Morgan fingerprint density at radius 3 is 2.59 bits per heavy atom. The van der Waals surface area contributed by atoms with Gasteiger partial charge in [-0.15, -0.1) is 12.4 Å². The number of carbonyl (C=O) groups excluding carboxylic acids is 1. The van der Waals surface area contributed by atoms with Gasteiger partial charge in [0.25, 0.3) is 0 Å². The predicted octanol–water partition coefficient (Wildman–Crippen LogP) is 2.17. The number of hydrogen-bond acceptors (Lipinski definition) is 3. The molecule has 2 rings (SSSR count). The molecule has 124 valence electrons. The Kier molecular flexibility index (Phi) is 7.33. The van der Waals surface area contributed by atoms with Gasteiger partial charge < -0.3 is 11.1 Å². The van der Waals surface area contributed by atoms with Crippen molar-refractivity contribution in [2.45, 2.75) is 51.9 Å². The number of benzene rings is 1. The molecule has 3 N–H and O–H groups in total. The van der Waals surface area contributed by atoms with Crippen molar-refractivity contribution in [3.05, 3.63) is 35.9 Å². The number of rotatable bonds is 5. The van der Waals surface area contributed by atoms with Crippen molar-refractivity contribution in [2.75, 3.05) is 6.54 Å². The van der Waals surface area contributed by atoms with E-state index in [0.29, 0.717) is 6.04 Å². The molecule has 0 spiro atoms. The number of carbonyl (C=O) groups is 1. The van der Waals surface area contributed by atoms with Crippen LogP contribution in [0.4, 0.5) is 0 Å². The third kappa shape index (κ3) is 4.97. The van der Waals surface area contributed by atoms with E-state index >= 15 is 0 Å². The van der Waals surface area contributed by atoms with E-state index in [9.17, 15) is 4.79 Å². The van der Waals surface area contributed by atoms with E-state index in [1.165, 1.54) is 5.56 Å². The molecule has 2 unspecified atom stereocenters. The zero-order valence-corrected chi connectivity index (χ0v) is 14.5. The molecule has 1 aliphatic rings. The topological polar surface area (TPSA) is 58.4 Å². The number of hydrogen-bond donors (Lipinski definition) is 2. The second kappa shape index (κ2) is 8.51. The van der Waals surface area contributed by atoms with Crippen LogP contribution < -0.4 is 11.1 Å². The van der Waals surface area contributed by atoms with E-state index < -0.39 is 6.04 Å². The highest BCUT2D eigenvalue weighted by Gasteiger charge is 2.31. The highest BCUT2D eigenvalue weighted by Crippen LogP contribution is 2.20. The molecule has 3 atom stereocenters. The van der Waals surface area contributed by atoms with Crippen molar-refractivity contribution in [1.82, 2.24) is 10.2 Å². The van der Waals surface area contributed by atoms with Crippen LogP contribution in [-0.4, -0.2) is 35.5 Å². The summed E-state index contributed by atoms with van der Waals surface area (Å²) in [5.41, 5.74) is 7.22. The van der Waals surface area contributed by atoms with Gasteiger partial charge >= 0.3 is 0 Å². The van der Waals surface area contributed by atoms with Crippen LogP contribution >= 0.6 is 12.4 Å². The monoisotopic (exact) mass is 325 g/mol. The van der Waals surface area contributed by atoms with Gasteiger partial charge in [0.1, 0.15) is 0 Å². The van der Waals surface area contributed by atoms with E-state index in [1.54, 1.807) is 0 Å². The Morgan fingerprint density at radius 2 is 2.00 bits per heavy atom. The molecule has 0 aliphatic carbocycles. The smallest absolute Gasteiger partial charge is 0.237 e. The Morgan fingerprint density at radius 1 is 1.36 bits per heavy atom. The molecule has 1 saturated heterocycles. The highest BCUT2D eigenvalue weighted by molar-refractivity contribution is 5.85. The van der Waals surface area contributed by atoms with Gasteiger partial charge in [-0.3, -0.25) is 9.69 Å². The van der Waals surface area contributed by atoms with Gasteiger partial charge in [-0.05, 0) is 24.8 Å². The summed E-state index contributed by atoms with van der Waals surface area (Å²) in [5, 5.41) is 3.10. The minimum Gasteiger partial charge on any atom is -0.351 e. The molecule has 1 aromatic carbocycles. The van der Waals surface area contributed by atoms with E-state index in [0.717, 1.165) is 19.5 Å². The van der Waals surface area contributed by atoms with Crippen LogP contribution in [0, 0.1) is 5.92 Å². The molecule has 1 amide bonds. The number of nitrogens with one attached hydrogen (secondary N) is 1. The number of halogens is 1. The summed E-state index contributed by atoms with van der Waals surface area (Å²) in [6, 6.07) is 10.7. The average molecular weight is 326 g/mol. The minimum absolute atomic E-state index is 0. The van der Waals surface area contributed by atoms with E-state index in [1.807, 2.05) is 19.9 Å². The van der Waals surface area contributed by atoms with Gasteiger partial charge in [-0.1, -0.05) is 44.2 Å². The maximum atomic E-state index is 12.1. The fraction of sp³-hybridized carbons (Fsp3) is 0.588. The maximum Gasteiger partial charge on any atom is 0.237 e. The van der Waals surface area contributed by atoms with Crippen molar-refractivity contribution < 1.29 is 4.79 Å². The molecule has 22 heavy (non-hydrogen) atoms. The molecule has 5 heteroatoms. The van der Waals surface area contributed by atoms with Gasteiger partial charge in [0.15, 0.2) is 0 Å². The zero-order valence-electron chi connectivity index (χ0n) is 13.7. The lowest BCUT2D eigenvalue weighted by Crippen LogP contribution is -2.48. The van der Waals surface area contributed by atoms with E-state index in [2.05, 4.69) is 41.4 Å². The molecule has 0 saturated carbocycles. The van der Waals surface area contributed by atoms with Crippen molar-refractivity contribution in [3.8, 4) is 0 Å². The van der Waals surface area contributed by atoms with Gasteiger partial charge in [-0.2, -0.15) is 0 Å². The molecule has 1 aromatic rings. The van der Waals surface area contributed by atoms with Crippen molar-refractivity contribution in [2.24, 2.45) is 11.7 Å². The molecule has 0 radical (unpaired) electrons. The van der Waals surface area contributed by atoms with E-state index in [4.69, 9.17) is 5.73 Å². The standard InChI is InChI=1S/C17H27N3O.ClH/c1-12(2)16(18)17(21)19-15-9-13(3)20(11-15)10-14-7-5-4-6-8-14;/h4-8,12-13,15-16H,9-11,18H2,1-3H3,(H,19,21);1H/t13?,15?,16-;/m0./s1. The SMILES string of the molecule is CC(C)[C@H](N)C(=O)NC1CC(C)N(Cc2ccccc2)C1.Cl. The number of likely N-dealkylation sites (tertiary alicyclic amines) is 1. The third-order valence-electron chi connectivity index (χ3n) is 4.30.